The molecule has 0 fully saturated rings. The molecule has 2 N–H and O–H groups in total. The first kappa shape index (κ1) is 15.2. The average Bonchev–Trinajstić information content (AvgIpc) is 2.45. The fourth-order valence-electron chi connectivity index (χ4n) is 1.80. The normalized spacial score (nSPS) is 11.2. The van der Waals surface area contributed by atoms with E-state index in [1.807, 2.05) is 6.92 Å². The van der Waals surface area contributed by atoms with Crippen molar-refractivity contribution < 1.29 is 13.2 Å². The van der Waals surface area contributed by atoms with Crippen LogP contribution in [0, 0.1) is 0 Å². The molecule has 0 atom stereocenters. The van der Waals surface area contributed by atoms with Gasteiger partial charge in [-0.3, -0.25) is 0 Å². The number of hydrogen-bond acceptors (Lipinski definition) is 3. The number of anilines is 3. The lowest BCUT2D eigenvalue weighted by Gasteiger charge is -2.11. The highest BCUT2D eigenvalue weighted by atomic mass is 19.4. The van der Waals surface area contributed by atoms with Crippen LogP contribution in [0.5, 0.6) is 0 Å². The van der Waals surface area contributed by atoms with Crippen molar-refractivity contribution in [2.75, 3.05) is 17.2 Å². The predicted octanol–water partition coefficient (Wildman–Crippen LogP) is 4.67. The van der Waals surface area contributed by atoms with Gasteiger partial charge in [-0.2, -0.15) is 13.2 Å². The molecule has 0 bridgehead atoms. The number of rotatable bonds is 5. The van der Waals surface area contributed by atoms with Crippen LogP contribution in [0.3, 0.4) is 0 Å². The summed E-state index contributed by atoms with van der Waals surface area (Å²) in [5.74, 6) is 0.689. The molecule has 0 radical (unpaired) electrons. The van der Waals surface area contributed by atoms with E-state index in [9.17, 15) is 13.2 Å². The number of pyridine rings is 1. The summed E-state index contributed by atoms with van der Waals surface area (Å²) in [4.78, 5) is 4.14. The van der Waals surface area contributed by atoms with E-state index in [1.54, 1.807) is 24.4 Å². The Hall–Kier alpha value is -2.24. The van der Waals surface area contributed by atoms with Gasteiger partial charge in [0.1, 0.15) is 5.82 Å². The Kier molecular flexibility index (Phi) is 4.67. The topological polar surface area (TPSA) is 37.0 Å². The first-order valence-corrected chi connectivity index (χ1v) is 6.63. The van der Waals surface area contributed by atoms with Crippen LogP contribution in [0.4, 0.5) is 30.4 Å². The molecule has 2 rings (SSSR count). The van der Waals surface area contributed by atoms with Crippen molar-refractivity contribution in [3.63, 3.8) is 0 Å². The second-order valence-corrected chi connectivity index (χ2v) is 4.56. The van der Waals surface area contributed by atoms with Gasteiger partial charge >= 0.3 is 6.18 Å². The fourth-order valence-corrected chi connectivity index (χ4v) is 1.80. The Bertz CT molecular complexity index is 597. The standard InChI is InChI=1S/C15H16F3N3/c1-2-7-19-14-10-13(6-8-20-14)21-12-5-3-4-11(9-12)15(16,17)18/h3-6,8-10H,2,7H2,1H3,(H2,19,20,21). The summed E-state index contributed by atoms with van der Waals surface area (Å²) in [5.41, 5.74) is 0.395. The van der Waals surface area contributed by atoms with Crippen molar-refractivity contribution in [3.8, 4) is 0 Å². The number of alkyl halides is 3. The van der Waals surface area contributed by atoms with Crippen molar-refractivity contribution in [2.24, 2.45) is 0 Å². The maximum absolute atomic E-state index is 12.7. The smallest absolute Gasteiger partial charge is 0.370 e. The molecular formula is C15H16F3N3. The van der Waals surface area contributed by atoms with Gasteiger partial charge < -0.3 is 10.6 Å². The van der Waals surface area contributed by atoms with Gasteiger partial charge in [0.2, 0.25) is 0 Å². The minimum atomic E-state index is -4.34. The zero-order chi connectivity index (χ0) is 15.3. The molecule has 0 saturated carbocycles. The minimum Gasteiger partial charge on any atom is -0.370 e. The minimum absolute atomic E-state index is 0.387. The van der Waals surface area contributed by atoms with Gasteiger partial charge in [-0.05, 0) is 30.7 Å². The van der Waals surface area contributed by atoms with E-state index in [-0.39, 0.29) is 0 Å². The summed E-state index contributed by atoms with van der Waals surface area (Å²) in [7, 11) is 0. The molecule has 21 heavy (non-hydrogen) atoms. The largest absolute Gasteiger partial charge is 0.416 e. The Labute approximate surface area is 121 Å². The highest BCUT2D eigenvalue weighted by Crippen LogP contribution is 2.31. The quantitative estimate of drug-likeness (QED) is 0.842. The van der Waals surface area contributed by atoms with Gasteiger partial charge in [0.25, 0.3) is 0 Å². The van der Waals surface area contributed by atoms with Crippen LogP contribution in [-0.4, -0.2) is 11.5 Å². The first-order chi connectivity index (χ1) is 9.99. The van der Waals surface area contributed by atoms with Gasteiger partial charge in [0.05, 0.1) is 5.56 Å². The molecule has 0 spiro atoms. The molecule has 1 aromatic carbocycles. The van der Waals surface area contributed by atoms with E-state index < -0.39 is 11.7 Å². The molecule has 6 heteroatoms. The summed E-state index contributed by atoms with van der Waals surface area (Å²) in [6.07, 6.45) is -1.77. The van der Waals surface area contributed by atoms with E-state index in [0.29, 0.717) is 17.2 Å². The Morgan fingerprint density at radius 1 is 1.10 bits per heavy atom. The number of benzene rings is 1. The van der Waals surface area contributed by atoms with Gasteiger partial charge in [-0.1, -0.05) is 13.0 Å². The molecule has 0 aliphatic carbocycles. The lowest BCUT2D eigenvalue weighted by atomic mass is 10.2. The van der Waals surface area contributed by atoms with Crippen LogP contribution < -0.4 is 10.6 Å². The monoisotopic (exact) mass is 295 g/mol. The summed E-state index contributed by atoms with van der Waals surface area (Å²) >= 11 is 0. The van der Waals surface area contributed by atoms with E-state index in [2.05, 4.69) is 15.6 Å². The highest BCUT2D eigenvalue weighted by molar-refractivity contribution is 5.63. The van der Waals surface area contributed by atoms with E-state index in [4.69, 9.17) is 0 Å². The van der Waals surface area contributed by atoms with Crippen molar-refractivity contribution >= 4 is 17.2 Å². The molecule has 0 aliphatic heterocycles. The maximum Gasteiger partial charge on any atom is 0.416 e. The van der Waals surface area contributed by atoms with E-state index >= 15 is 0 Å². The number of nitrogens with one attached hydrogen (secondary N) is 2. The van der Waals surface area contributed by atoms with Crippen LogP contribution in [0.25, 0.3) is 0 Å². The number of aromatic nitrogens is 1. The molecule has 1 heterocycles. The Morgan fingerprint density at radius 3 is 2.57 bits per heavy atom. The second-order valence-electron chi connectivity index (χ2n) is 4.56. The molecule has 0 aliphatic rings. The van der Waals surface area contributed by atoms with Crippen molar-refractivity contribution in [1.82, 2.24) is 4.98 Å². The molecule has 1 aromatic heterocycles. The zero-order valence-corrected chi connectivity index (χ0v) is 11.5. The fraction of sp³-hybridized carbons (Fsp3) is 0.267. The molecule has 112 valence electrons. The van der Waals surface area contributed by atoms with E-state index in [1.165, 1.54) is 6.07 Å². The number of nitrogens with zero attached hydrogens (tertiary/aromatic N) is 1. The van der Waals surface area contributed by atoms with Crippen molar-refractivity contribution in [1.29, 1.82) is 0 Å². The first-order valence-electron chi connectivity index (χ1n) is 6.63. The summed E-state index contributed by atoms with van der Waals surface area (Å²) in [6, 6.07) is 8.57. The zero-order valence-electron chi connectivity index (χ0n) is 11.5. The Morgan fingerprint density at radius 2 is 1.86 bits per heavy atom. The van der Waals surface area contributed by atoms with Crippen LogP contribution in [-0.2, 0) is 6.18 Å². The van der Waals surface area contributed by atoms with Gasteiger partial charge in [0, 0.05) is 30.2 Å². The highest BCUT2D eigenvalue weighted by Gasteiger charge is 2.30. The third kappa shape index (κ3) is 4.37. The molecule has 3 nitrogen and oxygen atoms in total. The number of hydrogen-bond donors (Lipinski definition) is 2. The van der Waals surface area contributed by atoms with Gasteiger partial charge in [-0.15, -0.1) is 0 Å². The van der Waals surface area contributed by atoms with Crippen molar-refractivity contribution in [3.05, 3.63) is 48.2 Å². The third-order valence-electron chi connectivity index (χ3n) is 2.79. The Balaban J connectivity index is 2.14. The average molecular weight is 295 g/mol. The molecule has 0 unspecified atom stereocenters. The predicted molar refractivity (Wildman–Crippen MR) is 77.7 cm³/mol. The van der Waals surface area contributed by atoms with Gasteiger partial charge in [-0.25, -0.2) is 4.98 Å². The number of halogens is 3. The SMILES string of the molecule is CCCNc1cc(Nc2cccc(C(F)(F)F)c2)ccn1. The molecular weight excluding hydrogens is 279 g/mol. The summed E-state index contributed by atoms with van der Waals surface area (Å²) in [5, 5.41) is 6.08. The van der Waals surface area contributed by atoms with Crippen LogP contribution in [0.2, 0.25) is 0 Å². The third-order valence-corrected chi connectivity index (χ3v) is 2.79. The summed E-state index contributed by atoms with van der Waals surface area (Å²) < 4.78 is 38.0. The molecule has 2 aromatic rings. The summed E-state index contributed by atoms with van der Waals surface area (Å²) in [6.45, 7) is 2.83. The van der Waals surface area contributed by atoms with Crippen LogP contribution >= 0.6 is 0 Å². The lowest BCUT2D eigenvalue weighted by Crippen LogP contribution is -2.05. The molecule has 0 amide bonds. The van der Waals surface area contributed by atoms with Gasteiger partial charge in [0.15, 0.2) is 0 Å². The second kappa shape index (κ2) is 6.47. The van der Waals surface area contributed by atoms with Crippen LogP contribution in [0.15, 0.2) is 42.6 Å². The van der Waals surface area contributed by atoms with E-state index in [0.717, 1.165) is 25.1 Å². The molecule has 0 saturated heterocycles. The van der Waals surface area contributed by atoms with Crippen molar-refractivity contribution in [2.45, 2.75) is 19.5 Å². The lowest BCUT2D eigenvalue weighted by molar-refractivity contribution is -0.137. The maximum atomic E-state index is 12.7. The van der Waals surface area contributed by atoms with Crippen LogP contribution in [0.1, 0.15) is 18.9 Å².